The van der Waals surface area contributed by atoms with Gasteiger partial charge in [-0.15, -0.1) is 0 Å². The SMILES string of the molecule is CC/C=C\C/C=C\C/C=C\C/C=C\C/C=C\CCCCCCCCCCCC(=O)OC(COC(=O)CCCCCCCCCCCCCCCCCCCCCCCCCCCCCCCCCCCCC)COC(OCC[N+](C)(C)C)C(=O)O. The van der Waals surface area contributed by atoms with Crippen LogP contribution in [-0.2, 0) is 33.3 Å². The predicted octanol–water partition coefficient (Wildman–Crippen LogP) is 22.7. The van der Waals surface area contributed by atoms with Crippen LogP contribution in [0.1, 0.15) is 348 Å². The molecule has 9 heteroatoms. The van der Waals surface area contributed by atoms with Crippen LogP contribution in [0.15, 0.2) is 60.8 Å². The molecule has 0 aromatic heterocycles. The highest BCUT2D eigenvalue weighted by molar-refractivity contribution is 5.71. The first-order valence-electron chi connectivity index (χ1n) is 36.5. The molecule has 1 N–H and O–H groups in total. The summed E-state index contributed by atoms with van der Waals surface area (Å²) in [6, 6.07) is 0. The van der Waals surface area contributed by atoms with Gasteiger partial charge in [-0.3, -0.25) is 9.59 Å². The Hall–Kier alpha value is -3.01. The van der Waals surface area contributed by atoms with E-state index in [1.54, 1.807) is 0 Å². The fourth-order valence-electron chi connectivity index (χ4n) is 10.8. The first-order valence-corrected chi connectivity index (χ1v) is 36.5. The maximum Gasteiger partial charge on any atom is 0.361 e. The molecule has 0 aliphatic carbocycles. The minimum Gasteiger partial charge on any atom is -0.477 e. The van der Waals surface area contributed by atoms with Crippen LogP contribution in [0.25, 0.3) is 0 Å². The van der Waals surface area contributed by atoms with Crippen LogP contribution < -0.4 is 0 Å². The minimum atomic E-state index is -1.51. The number of nitrogens with zero attached hydrogens (tertiary/aromatic N) is 1. The second kappa shape index (κ2) is 66.9. The molecular formula is C76H140NO8+. The number of allylic oxidation sites excluding steroid dienone is 10. The van der Waals surface area contributed by atoms with Crippen molar-refractivity contribution in [2.45, 2.75) is 360 Å². The van der Waals surface area contributed by atoms with Crippen molar-refractivity contribution >= 4 is 17.9 Å². The molecule has 0 aliphatic heterocycles. The highest BCUT2D eigenvalue weighted by Gasteiger charge is 2.25. The molecule has 0 radical (unpaired) electrons. The summed E-state index contributed by atoms with van der Waals surface area (Å²) in [5.41, 5.74) is 0. The Morgan fingerprint density at radius 3 is 1.00 bits per heavy atom. The average molecular weight is 1200 g/mol. The van der Waals surface area contributed by atoms with Gasteiger partial charge in [0.1, 0.15) is 13.2 Å². The van der Waals surface area contributed by atoms with E-state index >= 15 is 0 Å². The molecule has 2 unspecified atom stereocenters. The molecule has 0 saturated carbocycles. The first kappa shape index (κ1) is 82.0. The predicted molar refractivity (Wildman–Crippen MR) is 364 cm³/mol. The van der Waals surface area contributed by atoms with Crippen molar-refractivity contribution in [1.82, 2.24) is 0 Å². The lowest BCUT2D eigenvalue weighted by atomic mass is 10.0. The molecule has 0 spiro atoms. The number of carbonyl (C=O) groups excluding carboxylic acids is 2. The van der Waals surface area contributed by atoms with E-state index in [-0.39, 0.29) is 32.2 Å². The third kappa shape index (κ3) is 68.3. The molecule has 0 aliphatic rings. The largest absolute Gasteiger partial charge is 0.477 e. The Balaban J connectivity index is 4.03. The van der Waals surface area contributed by atoms with Gasteiger partial charge in [-0.2, -0.15) is 0 Å². The second-order valence-corrected chi connectivity index (χ2v) is 25.9. The standard InChI is InChI=1S/C76H139NO8/c1-6-8-10-12-14-16-18-20-22-24-26-28-30-32-33-34-35-36-37-38-39-40-41-43-44-46-48-50-52-54-56-58-60-62-64-66-73(78)83-70-72(71-84-76(75(80)81)82-69-68-77(3,4)5)85-74(79)67-65-63-61-59-57-55-53-51-49-47-45-42-31-29-27-25-23-21-19-17-15-13-11-9-7-2/h9,11,15,17,21,23,27,29,42,45,72,76H,6-8,10,12-14,16,18-20,22,24-26,28,30-41,43-44,46-71H2,1-5H3/p+1/b11-9-,17-15-,23-21-,29-27-,45-42-. The smallest absolute Gasteiger partial charge is 0.361 e. The summed E-state index contributed by atoms with van der Waals surface area (Å²) >= 11 is 0. The summed E-state index contributed by atoms with van der Waals surface area (Å²) in [6.07, 6.45) is 85.0. The molecule has 2 atom stereocenters. The van der Waals surface area contributed by atoms with Crippen LogP contribution in [0, 0.1) is 0 Å². The Labute approximate surface area is 526 Å². The first-order chi connectivity index (χ1) is 41.6. The van der Waals surface area contributed by atoms with Crippen LogP contribution in [0.3, 0.4) is 0 Å². The highest BCUT2D eigenvalue weighted by atomic mass is 16.7. The molecule has 0 aromatic carbocycles. The number of quaternary nitrogens is 1. The molecular weight excluding hydrogens is 1050 g/mol. The molecule has 0 amide bonds. The van der Waals surface area contributed by atoms with Crippen molar-refractivity contribution in [3.63, 3.8) is 0 Å². The lowest BCUT2D eigenvalue weighted by molar-refractivity contribution is -0.870. The number of hydrogen-bond donors (Lipinski definition) is 1. The number of esters is 2. The summed E-state index contributed by atoms with van der Waals surface area (Å²) in [4.78, 5) is 37.6. The number of unbranched alkanes of at least 4 members (excludes halogenated alkanes) is 43. The lowest BCUT2D eigenvalue weighted by Crippen LogP contribution is -2.40. The van der Waals surface area contributed by atoms with Crippen molar-refractivity contribution in [1.29, 1.82) is 0 Å². The maximum absolute atomic E-state index is 12.9. The van der Waals surface area contributed by atoms with Gasteiger partial charge in [0.05, 0.1) is 34.4 Å². The molecule has 0 fully saturated rings. The summed E-state index contributed by atoms with van der Waals surface area (Å²) in [5.74, 6) is -2.00. The number of aliphatic carboxylic acids is 1. The monoisotopic (exact) mass is 1200 g/mol. The summed E-state index contributed by atoms with van der Waals surface area (Å²) < 4.78 is 23.0. The highest BCUT2D eigenvalue weighted by Crippen LogP contribution is 2.19. The molecule has 0 aromatic rings. The van der Waals surface area contributed by atoms with Gasteiger partial charge in [-0.1, -0.05) is 338 Å². The Morgan fingerprint density at radius 1 is 0.365 bits per heavy atom. The van der Waals surface area contributed by atoms with Gasteiger partial charge in [0.2, 0.25) is 0 Å². The number of carboxylic acid groups (broad SMARTS) is 1. The zero-order chi connectivity index (χ0) is 61.9. The van der Waals surface area contributed by atoms with Crippen molar-refractivity contribution in [2.75, 3.05) is 47.5 Å². The number of hydrogen-bond acceptors (Lipinski definition) is 7. The van der Waals surface area contributed by atoms with E-state index in [1.807, 2.05) is 21.1 Å². The average Bonchev–Trinajstić information content (AvgIpc) is 3.49. The molecule has 0 heterocycles. The van der Waals surface area contributed by atoms with Crippen molar-refractivity contribution in [3.8, 4) is 0 Å². The van der Waals surface area contributed by atoms with Crippen molar-refractivity contribution < 1.29 is 42.9 Å². The van der Waals surface area contributed by atoms with Crippen LogP contribution in [0.4, 0.5) is 0 Å². The fourth-order valence-corrected chi connectivity index (χ4v) is 10.8. The molecule has 0 rings (SSSR count). The maximum atomic E-state index is 12.9. The third-order valence-corrected chi connectivity index (χ3v) is 16.3. The minimum absolute atomic E-state index is 0.183. The number of carbonyl (C=O) groups is 3. The second-order valence-electron chi connectivity index (χ2n) is 25.9. The van der Waals surface area contributed by atoms with E-state index in [4.69, 9.17) is 18.9 Å². The molecule has 0 saturated heterocycles. The van der Waals surface area contributed by atoms with Crippen molar-refractivity contribution in [3.05, 3.63) is 60.8 Å². The normalized spacial score (nSPS) is 13.0. The van der Waals surface area contributed by atoms with E-state index in [1.165, 1.54) is 238 Å². The molecule has 85 heavy (non-hydrogen) atoms. The Kier molecular flexibility index (Phi) is 64.6. The van der Waals surface area contributed by atoms with Gasteiger partial charge in [0, 0.05) is 12.8 Å². The number of ether oxygens (including phenoxy) is 4. The van der Waals surface area contributed by atoms with Crippen LogP contribution in [-0.4, -0.2) is 87.4 Å². The zero-order valence-electron chi connectivity index (χ0n) is 56.8. The quantitative estimate of drug-likeness (QED) is 0.0211. The van der Waals surface area contributed by atoms with E-state index in [9.17, 15) is 19.5 Å². The van der Waals surface area contributed by atoms with Crippen LogP contribution in [0.2, 0.25) is 0 Å². The Morgan fingerprint density at radius 2 is 0.671 bits per heavy atom. The van der Waals surface area contributed by atoms with Crippen molar-refractivity contribution in [2.24, 2.45) is 0 Å². The third-order valence-electron chi connectivity index (χ3n) is 16.3. The van der Waals surface area contributed by atoms with E-state index in [0.717, 1.165) is 77.0 Å². The number of carboxylic acids is 1. The fraction of sp³-hybridized carbons (Fsp3) is 0.829. The molecule has 0 bridgehead atoms. The van der Waals surface area contributed by atoms with Crippen LogP contribution in [0.5, 0.6) is 0 Å². The van der Waals surface area contributed by atoms with E-state index < -0.39 is 24.3 Å². The lowest BCUT2D eigenvalue weighted by Gasteiger charge is -2.25. The molecule has 496 valence electrons. The number of rotatable bonds is 68. The van der Waals surface area contributed by atoms with Gasteiger partial charge in [-0.05, 0) is 57.8 Å². The van der Waals surface area contributed by atoms with Gasteiger partial charge >= 0.3 is 17.9 Å². The summed E-state index contributed by atoms with van der Waals surface area (Å²) in [5, 5.41) is 9.75. The van der Waals surface area contributed by atoms with Gasteiger partial charge < -0.3 is 28.5 Å². The van der Waals surface area contributed by atoms with Gasteiger partial charge in [-0.25, -0.2) is 4.79 Å². The van der Waals surface area contributed by atoms with Gasteiger partial charge in [0.15, 0.2) is 6.10 Å². The van der Waals surface area contributed by atoms with E-state index in [2.05, 4.69) is 74.6 Å². The topological polar surface area (TPSA) is 108 Å². The van der Waals surface area contributed by atoms with Gasteiger partial charge in [0.25, 0.3) is 6.29 Å². The van der Waals surface area contributed by atoms with Crippen LogP contribution >= 0.6 is 0 Å². The Bertz CT molecular complexity index is 1580. The number of likely N-dealkylation sites (N-methyl/N-ethyl adjacent to an activating group) is 1. The molecule has 9 nitrogen and oxygen atoms in total. The summed E-state index contributed by atoms with van der Waals surface area (Å²) in [7, 11) is 5.98. The summed E-state index contributed by atoms with van der Waals surface area (Å²) in [6.45, 7) is 4.81. The van der Waals surface area contributed by atoms with E-state index in [0.29, 0.717) is 23.9 Å². The zero-order valence-corrected chi connectivity index (χ0v) is 56.8.